The van der Waals surface area contributed by atoms with E-state index in [1.54, 1.807) is 4.68 Å². The lowest BCUT2D eigenvalue weighted by Crippen LogP contribution is -2.49. The molecule has 5 rings (SSSR count). The van der Waals surface area contributed by atoms with Gasteiger partial charge in [0.15, 0.2) is 11.9 Å². The van der Waals surface area contributed by atoms with Crippen LogP contribution in [0.5, 0.6) is 0 Å². The fourth-order valence-electron chi connectivity index (χ4n) is 4.99. The number of rotatable bonds is 4. The van der Waals surface area contributed by atoms with Crippen LogP contribution in [0.15, 0.2) is 18.6 Å². The van der Waals surface area contributed by atoms with Gasteiger partial charge in [-0.2, -0.15) is 9.83 Å². The van der Waals surface area contributed by atoms with Crippen LogP contribution in [0.25, 0.3) is 5.82 Å². The maximum atomic E-state index is 13.1. The second kappa shape index (κ2) is 6.02. The first-order chi connectivity index (χ1) is 13.1. The zero-order valence-corrected chi connectivity index (χ0v) is 15.1. The van der Waals surface area contributed by atoms with Gasteiger partial charge in [0, 0.05) is 11.5 Å². The van der Waals surface area contributed by atoms with E-state index in [4.69, 9.17) is 0 Å². The molecule has 2 aromatic rings. The minimum absolute atomic E-state index is 0.0523. The van der Waals surface area contributed by atoms with Crippen molar-refractivity contribution in [2.24, 2.45) is 5.92 Å². The second-order valence-corrected chi connectivity index (χ2v) is 8.15. The highest BCUT2D eigenvalue weighted by molar-refractivity contribution is 5.95. The molecule has 142 valence electrons. The van der Waals surface area contributed by atoms with Crippen LogP contribution >= 0.6 is 0 Å². The van der Waals surface area contributed by atoms with Crippen molar-refractivity contribution in [2.75, 3.05) is 6.61 Å². The van der Waals surface area contributed by atoms with E-state index >= 15 is 0 Å². The summed E-state index contributed by atoms with van der Waals surface area (Å²) in [7, 11) is 0. The Kier molecular flexibility index (Phi) is 3.72. The lowest BCUT2D eigenvalue weighted by atomic mass is 9.75. The minimum atomic E-state index is -0.533. The molecule has 3 aliphatic carbocycles. The van der Waals surface area contributed by atoms with Gasteiger partial charge in [-0.25, -0.2) is 9.67 Å². The van der Waals surface area contributed by atoms with E-state index in [9.17, 15) is 15.1 Å². The third kappa shape index (κ3) is 2.54. The molecule has 2 fully saturated rings. The van der Waals surface area contributed by atoms with Crippen LogP contribution in [0.2, 0.25) is 0 Å². The maximum absolute atomic E-state index is 13.1. The number of fused-ring (bicyclic) bond motifs is 3. The van der Waals surface area contributed by atoms with Gasteiger partial charge in [-0.15, -0.1) is 0 Å². The highest BCUT2D eigenvalue weighted by Crippen LogP contribution is 2.52. The Balaban J connectivity index is 1.55. The Labute approximate surface area is 156 Å². The topological polar surface area (TPSA) is 107 Å². The van der Waals surface area contributed by atoms with E-state index in [0.29, 0.717) is 28.1 Å². The van der Waals surface area contributed by atoms with Crippen molar-refractivity contribution in [3.05, 3.63) is 40.7 Å². The molecule has 2 aromatic heterocycles. The number of hydrogen-bond donors (Lipinski definition) is 2. The Bertz CT molecular complexity index is 903. The van der Waals surface area contributed by atoms with Crippen LogP contribution in [0, 0.1) is 11.1 Å². The summed E-state index contributed by atoms with van der Waals surface area (Å²) < 4.78 is 2.38. The van der Waals surface area contributed by atoms with Gasteiger partial charge < -0.3 is 15.6 Å². The number of amides is 1. The van der Waals surface area contributed by atoms with Crippen LogP contribution in [0.4, 0.5) is 0 Å². The normalized spacial score (nSPS) is 24.9. The molecule has 0 aromatic carbocycles. The van der Waals surface area contributed by atoms with E-state index in [0.717, 1.165) is 56.2 Å². The van der Waals surface area contributed by atoms with Gasteiger partial charge in [-0.05, 0) is 38.0 Å². The Hall–Kier alpha value is -2.48. The molecule has 0 saturated heterocycles. The van der Waals surface area contributed by atoms with Gasteiger partial charge in [0.05, 0.1) is 24.0 Å². The molecule has 2 N–H and O–H groups in total. The molecule has 2 atom stereocenters. The lowest BCUT2D eigenvalue weighted by Gasteiger charge is -2.31. The highest BCUT2D eigenvalue weighted by Gasteiger charge is 2.46. The summed E-state index contributed by atoms with van der Waals surface area (Å²) >= 11 is 0. The third-order valence-electron chi connectivity index (χ3n) is 6.60. The minimum Gasteiger partial charge on any atom is -0.619 e. The van der Waals surface area contributed by atoms with Crippen molar-refractivity contribution in [2.45, 2.75) is 56.4 Å². The van der Waals surface area contributed by atoms with Crippen molar-refractivity contribution in [3.8, 4) is 5.82 Å². The van der Waals surface area contributed by atoms with Crippen molar-refractivity contribution in [3.63, 3.8) is 0 Å². The average molecular weight is 369 g/mol. The van der Waals surface area contributed by atoms with Crippen LogP contribution in [0.3, 0.4) is 0 Å². The van der Waals surface area contributed by atoms with Gasteiger partial charge >= 0.3 is 0 Å². The van der Waals surface area contributed by atoms with Gasteiger partial charge in [-0.3, -0.25) is 4.79 Å². The van der Waals surface area contributed by atoms with Crippen LogP contribution in [-0.2, 0) is 6.42 Å². The van der Waals surface area contributed by atoms with Gasteiger partial charge in [0.1, 0.15) is 0 Å². The maximum Gasteiger partial charge on any atom is 0.272 e. The second-order valence-electron chi connectivity index (χ2n) is 8.15. The van der Waals surface area contributed by atoms with Gasteiger partial charge in [0.25, 0.3) is 5.91 Å². The summed E-state index contributed by atoms with van der Waals surface area (Å²) in [4.78, 5) is 17.4. The number of carbonyl (C=O) groups is 1. The zero-order valence-electron chi connectivity index (χ0n) is 15.1. The number of aliphatic hydroxyl groups excluding tert-OH is 1. The lowest BCUT2D eigenvalue weighted by molar-refractivity contribution is -0.605. The molecule has 8 heteroatoms. The molecule has 0 unspecified atom stereocenters. The molecule has 8 nitrogen and oxygen atoms in total. The van der Waals surface area contributed by atoms with Gasteiger partial charge in [0.2, 0.25) is 12.0 Å². The van der Waals surface area contributed by atoms with E-state index in [1.807, 2.05) is 0 Å². The Morgan fingerprint density at radius 2 is 2.22 bits per heavy atom. The molecule has 2 heterocycles. The van der Waals surface area contributed by atoms with Crippen molar-refractivity contribution >= 4 is 5.91 Å². The van der Waals surface area contributed by atoms with E-state index < -0.39 is 5.54 Å². The van der Waals surface area contributed by atoms with Crippen LogP contribution < -0.4 is 10.0 Å². The molecule has 0 aliphatic heterocycles. The molecule has 0 spiro atoms. The molecule has 27 heavy (non-hydrogen) atoms. The molecule has 2 saturated carbocycles. The highest BCUT2D eigenvalue weighted by atomic mass is 16.5. The van der Waals surface area contributed by atoms with Crippen molar-refractivity contribution in [1.82, 2.24) is 20.1 Å². The number of aromatic nitrogens is 4. The molecule has 0 radical (unpaired) electrons. The van der Waals surface area contributed by atoms with E-state index in [1.165, 1.54) is 18.6 Å². The first kappa shape index (κ1) is 16.7. The number of aliphatic hydroxyl groups is 1. The van der Waals surface area contributed by atoms with E-state index in [2.05, 4.69) is 15.4 Å². The van der Waals surface area contributed by atoms with Gasteiger partial charge in [-0.1, -0.05) is 12.8 Å². The third-order valence-corrected chi connectivity index (χ3v) is 6.60. The zero-order chi connectivity index (χ0) is 18.6. The SMILES string of the molecule is O=C(NC1(CO)CCCC1)c1nn(-c2c[n+]([O-])ccn2)c2c1C[C@H]1CC[C@@H]21. The predicted molar refractivity (Wildman–Crippen MR) is 95.2 cm³/mol. The van der Waals surface area contributed by atoms with E-state index in [-0.39, 0.29) is 12.5 Å². The largest absolute Gasteiger partial charge is 0.619 e. The summed E-state index contributed by atoms with van der Waals surface area (Å²) in [5, 5.41) is 29.2. The number of hydrogen-bond acceptors (Lipinski definition) is 5. The number of nitrogens with zero attached hydrogens (tertiary/aromatic N) is 4. The summed E-state index contributed by atoms with van der Waals surface area (Å²) in [6, 6.07) is 0. The average Bonchev–Trinajstić information content (AvgIpc) is 3.30. The predicted octanol–water partition coefficient (Wildman–Crippen LogP) is 0.985. The molecule has 0 bridgehead atoms. The summed E-state index contributed by atoms with van der Waals surface area (Å²) in [6.07, 6.45) is 10.8. The quantitative estimate of drug-likeness (QED) is 0.617. The summed E-state index contributed by atoms with van der Waals surface area (Å²) in [6.45, 7) is -0.0523. The fourth-order valence-corrected chi connectivity index (χ4v) is 4.99. The summed E-state index contributed by atoms with van der Waals surface area (Å²) in [5.74, 6) is 1.15. The van der Waals surface area contributed by atoms with Crippen LogP contribution in [-0.4, -0.2) is 37.9 Å². The molecular weight excluding hydrogens is 346 g/mol. The standard InChI is InChI=1S/C19H23N5O3/c25-11-19(5-1-2-6-19)21-18(26)16-14-9-12-3-4-13(12)17(14)24(22-16)15-10-23(27)8-7-20-15/h7-8,10,12-13,25H,1-6,9,11H2,(H,21,26)/t12-,13-/m1/s1. The number of nitrogens with one attached hydrogen (secondary N) is 1. The number of carbonyl (C=O) groups excluding carboxylic acids is 1. The first-order valence-corrected chi connectivity index (χ1v) is 9.70. The molecule has 3 aliphatic rings. The first-order valence-electron chi connectivity index (χ1n) is 9.70. The fraction of sp³-hybridized carbons (Fsp3) is 0.579. The van der Waals surface area contributed by atoms with Crippen molar-refractivity contribution in [1.29, 1.82) is 0 Å². The van der Waals surface area contributed by atoms with Crippen molar-refractivity contribution < 1.29 is 14.6 Å². The smallest absolute Gasteiger partial charge is 0.272 e. The monoisotopic (exact) mass is 369 g/mol. The summed E-state index contributed by atoms with van der Waals surface area (Å²) in [5.41, 5.74) is 1.89. The van der Waals surface area contributed by atoms with Crippen LogP contribution in [0.1, 0.15) is 66.2 Å². The Morgan fingerprint density at radius 1 is 1.41 bits per heavy atom. The molecule has 1 amide bonds. The molecular formula is C19H23N5O3. The Morgan fingerprint density at radius 3 is 2.89 bits per heavy atom.